The molecule has 1 aromatic carbocycles. The van der Waals surface area contributed by atoms with E-state index in [1.165, 1.54) is 11.8 Å². The Balaban J connectivity index is 1.87. The first-order valence-electron chi connectivity index (χ1n) is 5.97. The second kappa shape index (κ2) is 7.07. The number of hydrogen-bond donors (Lipinski definition) is 1. The number of carbonyl (C=O) groups is 1. The van der Waals surface area contributed by atoms with Crippen LogP contribution in [-0.4, -0.2) is 11.7 Å². The summed E-state index contributed by atoms with van der Waals surface area (Å²) < 4.78 is 5.23. The molecule has 0 radical (unpaired) electrons. The van der Waals surface area contributed by atoms with Crippen LogP contribution in [0.4, 0.5) is 0 Å². The van der Waals surface area contributed by atoms with Gasteiger partial charge in [0.05, 0.1) is 23.1 Å². The number of nitrogens with one attached hydrogen (secondary N) is 1. The molecular weight excluding hydrogens is 317 g/mol. The molecule has 0 aliphatic heterocycles. The molecule has 106 valence electrons. The summed E-state index contributed by atoms with van der Waals surface area (Å²) in [5.41, 5.74) is 0. The van der Waals surface area contributed by atoms with E-state index in [0.717, 1.165) is 10.7 Å². The summed E-state index contributed by atoms with van der Waals surface area (Å²) in [5, 5.41) is 4.04. The first kappa shape index (κ1) is 15.3. The van der Waals surface area contributed by atoms with Gasteiger partial charge in [-0.15, -0.1) is 11.8 Å². The zero-order valence-corrected chi connectivity index (χ0v) is 13.1. The molecule has 2 rings (SSSR count). The fourth-order valence-electron chi connectivity index (χ4n) is 1.62. The molecule has 1 N–H and O–H groups in total. The number of amides is 1. The lowest BCUT2D eigenvalue weighted by Crippen LogP contribution is -2.27. The third kappa shape index (κ3) is 4.20. The molecule has 1 atom stereocenters. The van der Waals surface area contributed by atoms with Crippen molar-refractivity contribution < 1.29 is 9.21 Å². The van der Waals surface area contributed by atoms with Gasteiger partial charge in [0.25, 0.3) is 0 Å². The molecule has 2 aromatic rings. The predicted molar refractivity (Wildman–Crippen MR) is 82.5 cm³/mol. The average Bonchev–Trinajstić information content (AvgIpc) is 2.94. The van der Waals surface area contributed by atoms with Crippen molar-refractivity contribution in [1.29, 1.82) is 0 Å². The molecule has 3 nitrogen and oxygen atoms in total. The van der Waals surface area contributed by atoms with Crippen LogP contribution in [0.25, 0.3) is 0 Å². The molecule has 0 aliphatic rings. The van der Waals surface area contributed by atoms with E-state index in [4.69, 9.17) is 27.6 Å². The number of carbonyl (C=O) groups excluding carboxylic acids is 1. The van der Waals surface area contributed by atoms with E-state index in [0.29, 0.717) is 10.0 Å². The van der Waals surface area contributed by atoms with E-state index in [2.05, 4.69) is 5.32 Å². The lowest BCUT2D eigenvalue weighted by Gasteiger charge is -2.11. The lowest BCUT2D eigenvalue weighted by atomic mass is 10.2. The van der Waals surface area contributed by atoms with Gasteiger partial charge in [-0.2, -0.15) is 0 Å². The van der Waals surface area contributed by atoms with E-state index in [-0.39, 0.29) is 17.7 Å². The van der Waals surface area contributed by atoms with Crippen molar-refractivity contribution >= 4 is 40.9 Å². The van der Waals surface area contributed by atoms with Gasteiger partial charge in [0, 0.05) is 9.92 Å². The number of rotatable bonds is 5. The molecule has 0 aliphatic carbocycles. The van der Waals surface area contributed by atoms with E-state index in [9.17, 15) is 4.79 Å². The Kier molecular flexibility index (Phi) is 5.40. The SMILES string of the molecule is C[C@H](NC(=O)CSc1cc(Cl)ccc1Cl)c1ccco1. The molecule has 20 heavy (non-hydrogen) atoms. The van der Waals surface area contributed by atoms with Gasteiger partial charge in [0.15, 0.2) is 0 Å². The summed E-state index contributed by atoms with van der Waals surface area (Å²) in [5.74, 6) is 0.907. The standard InChI is InChI=1S/C14H13Cl2NO2S/c1-9(12-3-2-6-19-12)17-14(18)8-20-13-7-10(15)4-5-11(13)16/h2-7,9H,8H2,1H3,(H,17,18)/t9-/m0/s1. The number of hydrogen-bond acceptors (Lipinski definition) is 3. The molecule has 0 saturated carbocycles. The van der Waals surface area contributed by atoms with Crippen LogP contribution in [0, 0.1) is 0 Å². The second-order valence-electron chi connectivity index (χ2n) is 4.17. The van der Waals surface area contributed by atoms with Crippen molar-refractivity contribution in [3.05, 3.63) is 52.4 Å². The molecule has 1 aromatic heterocycles. The minimum atomic E-state index is -0.159. The van der Waals surface area contributed by atoms with Crippen LogP contribution in [0.2, 0.25) is 10.0 Å². The molecule has 0 bridgehead atoms. The van der Waals surface area contributed by atoms with Gasteiger partial charge in [0.2, 0.25) is 5.91 Å². The molecule has 6 heteroatoms. The third-order valence-electron chi connectivity index (χ3n) is 2.60. The topological polar surface area (TPSA) is 42.2 Å². The van der Waals surface area contributed by atoms with Gasteiger partial charge < -0.3 is 9.73 Å². The monoisotopic (exact) mass is 329 g/mol. The molecule has 0 spiro atoms. The molecule has 0 unspecified atom stereocenters. The molecule has 1 heterocycles. The Bertz CT molecular complexity index is 587. The highest BCUT2D eigenvalue weighted by molar-refractivity contribution is 8.00. The molecule has 0 fully saturated rings. The van der Waals surface area contributed by atoms with Gasteiger partial charge in [-0.05, 0) is 37.3 Å². The average molecular weight is 330 g/mol. The van der Waals surface area contributed by atoms with Crippen molar-refractivity contribution in [2.24, 2.45) is 0 Å². The molecule has 1 amide bonds. The normalized spacial score (nSPS) is 12.2. The Morgan fingerprint density at radius 1 is 1.40 bits per heavy atom. The van der Waals surface area contributed by atoms with Crippen LogP contribution in [-0.2, 0) is 4.79 Å². The Morgan fingerprint density at radius 3 is 2.90 bits per heavy atom. The maximum absolute atomic E-state index is 11.9. The summed E-state index contributed by atoms with van der Waals surface area (Å²) in [6.45, 7) is 1.87. The minimum Gasteiger partial charge on any atom is -0.467 e. The number of thioether (sulfide) groups is 1. The van der Waals surface area contributed by atoms with Crippen molar-refractivity contribution in [3.63, 3.8) is 0 Å². The Morgan fingerprint density at radius 2 is 2.20 bits per heavy atom. The van der Waals surface area contributed by atoms with Crippen molar-refractivity contribution in [3.8, 4) is 0 Å². The third-order valence-corrected chi connectivity index (χ3v) is 4.33. The fraction of sp³-hybridized carbons (Fsp3) is 0.214. The first-order valence-corrected chi connectivity index (χ1v) is 7.71. The Labute approximate surface area is 131 Å². The van der Waals surface area contributed by atoms with Gasteiger partial charge in [-0.25, -0.2) is 0 Å². The highest BCUT2D eigenvalue weighted by atomic mass is 35.5. The maximum Gasteiger partial charge on any atom is 0.230 e. The summed E-state index contributed by atoms with van der Waals surface area (Å²) in [6, 6.07) is 8.64. The number of halogens is 2. The van der Waals surface area contributed by atoms with Crippen LogP contribution in [0.3, 0.4) is 0 Å². The first-order chi connectivity index (χ1) is 9.56. The van der Waals surface area contributed by atoms with E-state index < -0.39 is 0 Å². The van der Waals surface area contributed by atoms with Crippen LogP contribution < -0.4 is 5.32 Å². The van der Waals surface area contributed by atoms with Crippen LogP contribution in [0.1, 0.15) is 18.7 Å². The predicted octanol–water partition coefficient (Wildman–Crippen LogP) is 4.56. The van der Waals surface area contributed by atoms with E-state index in [1.54, 1.807) is 30.5 Å². The summed E-state index contributed by atoms with van der Waals surface area (Å²) in [6.07, 6.45) is 1.58. The summed E-state index contributed by atoms with van der Waals surface area (Å²) in [7, 11) is 0. The minimum absolute atomic E-state index is 0.0880. The largest absolute Gasteiger partial charge is 0.467 e. The van der Waals surface area contributed by atoms with E-state index >= 15 is 0 Å². The van der Waals surface area contributed by atoms with Gasteiger partial charge in [-0.3, -0.25) is 4.79 Å². The Hall–Kier alpha value is -1.10. The van der Waals surface area contributed by atoms with E-state index in [1.807, 2.05) is 13.0 Å². The van der Waals surface area contributed by atoms with Gasteiger partial charge >= 0.3 is 0 Å². The van der Waals surface area contributed by atoms with Crippen molar-refractivity contribution in [2.45, 2.75) is 17.9 Å². The lowest BCUT2D eigenvalue weighted by molar-refractivity contribution is -0.119. The van der Waals surface area contributed by atoms with Crippen LogP contribution in [0.5, 0.6) is 0 Å². The quantitative estimate of drug-likeness (QED) is 0.818. The zero-order valence-electron chi connectivity index (χ0n) is 10.7. The number of benzene rings is 1. The van der Waals surface area contributed by atoms with Gasteiger partial charge in [0.1, 0.15) is 5.76 Å². The summed E-state index contributed by atoms with van der Waals surface area (Å²) >= 11 is 13.3. The highest BCUT2D eigenvalue weighted by Gasteiger charge is 2.12. The smallest absolute Gasteiger partial charge is 0.230 e. The number of furan rings is 1. The van der Waals surface area contributed by atoms with Crippen molar-refractivity contribution in [1.82, 2.24) is 5.32 Å². The van der Waals surface area contributed by atoms with Crippen molar-refractivity contribution in [2.75, 3.05) is 5.75 Å². The fourth-order valence-corrected chi connectivity index (χ4v) is 2.93. The maximum atomic E-state index is 11.9. The molecular formula is C14H13Cl2NO2S. The summed E-state index contributed by atoms with van der Waals surface area (Å²) in [4.78, 5) is 12.7. The zero-order chi connectivity index (χ0) is 14.5. The van der Waals surface area contributed by atoms with Crippen LogP contribution in [0.15, 0.2) is 45.9 Å². The van der Waals surface area contributed by atoms with Gasteiger partial charge in [-0.1, -0.05) is 23.2 Å². The second-order valence-corrected chi connectivity index (χ2v) is 6.03. The molecule has 0 saturated heterocycles. The highest BCUT2D eigenvalue weighted by Crippen LogP contribution is 2.29. The van der Waals surface area contributed by atoms with Crippen LogP contribution >= 0.6 is 35.0 Å².